The zero-order chi connectivity index (χ0) is 21.2. The molecule has 0 aliphatic carbocycles. The number of nitrogens with zero attached hydrogens (tertiary/aromatic N) is 1. The fraction of sp³-hybridized carbons (Fsp3) is 0.619. The Labute approximate surface area is 185 Å². The van der Waals surface area contributed by atoms with Crippen LogP contribution in [-0.4, -0.2) is 69.4 Å². The van der Waals surface area contributed by atoms with Crippen molar-refractivity contribution in [2.24, 2.45) is 0 Å². The Morgan fingerprint density at radius 2 is 2.03 bits per heavy atom. The molecule has 1 saturated heterocycles. The van der Waals surface area contributed by atoms with Crippen LogP contribution in [0.3, 0.4) is 0 Å². The molecule has 8 nitrogen and oxygen atoms in total. The molecule has 2 rings (SSSR count). The summed E-state index contributed by atoms with van der Waals surface area (Å²) in [6, 6.07) is 5.56. The summed E-state index contributed by atoms with van der Waals surface area (Å²) in [6.45, 7) is 6.71. The molecule has 1 heterocycles. The number of halogens is 1. The first-order chi connectivity index (χ1) is 14.0. The number of hydrogen-bond donors (Lipinski definition) is 2. The van der Waals surface area contributed by atoms with Crippen molar-refractivity contribution in [1.82, 2.24) is 15.5 Å². The predicted molar refractivity (Wildman–Crippen MR) is 118 cm³/mol. The summed E-state index contributed by atoms with van der Waals surface area (Å²) in [6.07, 6.45) is 2.20. The maximum atomic E-state index is 13.3. The molecule has 0 unspecified atom stereocenters. The fourth-order valence-corrected chi connectivity index (χ4v) is 3.48. The minimum atomic E-state index is -0.471. The molecule has 30 heavy (non-hydrogen) atoms. The van der Waals surface area contributed by atoms with Gasteiger partial charge in [-0.3, -0.25) is 4.79 Å². The van der Waals surface area contributed by atoms with Gasteiger partial charge in [-0.2, -0.15) is 0 Å². The molecular weight excluding hydrogens is 410 g/mol. The van der Waals surface area contributed by atoms with Crippen LogP contribution in [0.4, 0.5) is 4.79 Å². The van der Waals surface area contributed by atoms with Crippen molar-refractivity contribution < 1.29 is 23.8 Å². The van der Waals surface area contributed by atoms with E-state index in [1.165, 1.54) is 7.11 Å². The molecule has 0 aromatic heterocycles. The van der Waals surface area contributed by atoms with E-state index < -0.39 is 6.09 Å². The third-order valence-corrected chi connectivity index (χ3v) is 4.90. The van der Waals surface area contributed by atoms with E-state index in [1.807, 2.05) is 18.7 Å². The zero-order valence-corrected chi connectivity index (χ0v) is 19.0. The van der Waals surface area contributed by atoms with Crippen LogP contribution in [0.15, 0.2) is 18.2 Å². The topological polar surface area (TPSA) is 89.1 Å². The van der Waals surface area contributed by atoms with Gasteiger partial charge in [0.2, 0.25) is 0 Å². The Hall–Kier alpha value is -2.19. The van der Waals surface area contributed by atoms with E-state index in [9.17, 15) is 9.59 Å². The molecule has 0 bridgehead atoms. The van der Waals surface area contributed by atoms with Crippen LogP contribution in [0.5, 0.6) is 11.5 Å². The Balaban J connectivity index is 0.00000450. The van der Waals surface area contributed by atoms with Crippen molar-refractivity contribution in [2.75, 3.05) is 40.5 Å². The second kappa shape index (κ2) is 13.2. The van der Waals surface area contributed by atoms with Crippen LogP contribution in [0, 0.1) is 0 Å². The third-order valence-electron chi connectivity index (χ3n) is 4.90. The molecule has 2 N–H and O–H groups in total. The number of rotatable bonds is 9. The minimum absolute atomic E-state index is 0. The normalized spacial score (nSPS) is 15.7. The number of nitrogens with one attached hydrogen (secondary N) is 2. The number of hydrogen-bond acceptors (Lipinski definition) is 6. The van der Waals surface area contributed by atoms with Gasteiger partial charge in [0.05, 0.1) is 20.8 Å². The maximum absolute atomic E-state index is 13.3. The zero-order valence-electron chi connectivity index (χ0n) is 18.2. The predicted octanol–water partition coefficient (Wildman–Crippen LogP) is 2.84. The molecule has 0 spiro atoms. The largest absolute Gasteiger partial charge is 0.493 e. The van der Waals surface area contributed by atoms with Crippen molar-refractivity contribution in [3.8, 4) is 11.5 Å². The molecule has 1 aliphatic rings. The van der Waals surface area contributed by atoms with E-state index in [0.29, 0.717) is 36.6 Å². The van der Waals surface area contributed by atoms with Crippen molar-refractivity contribution in [1.29, 1.82) is 0 Å². The van der Waals surface area contributed by atoms with E-state index >= 15 is 0 Å². The van der Waals surface area contributed by atoms with Crippen LogP contribution < -0.4 is 20.1 Å². The highest BCUT2D eigenvalue weighted by molar-refractivity contribution is 5.95. The number of amides is 2. The standard InChI is InChI=1S/C21H33N3O5.ClH/c1-15(2)24(17-7-5-10-22-14-17)20(25)16-8-9-18(27-3)19(13-16)29-12-6-11-23-21(26)28-4;/h8-9,13,15,17,22H,5-7,10-12,14H2,1-4H3,(H,23,26);1H/t17-;/m1./s1. The summed E-state index contributed by atoms with van der Waals surface area (Å²) in [5.41, 5.74) is 0.577. The Morgan fingerprint density at radius 1 is 1.27 bits per heavy atom. The fourth-order valence-electron chi connectivity index (χ4n) is 3.48. The number of ether oxygens (including phenoxy) is 3. The number of benzene rings is 1. The van der Waals surface area contributed by atoms with Gasteiger partial charge >= 0.3 is 6.09 Å². The molecule has 1 aromatic carbocycles. The van der Waals surface area contributed by atoms with Gasteiger partial charge in [0.25, 0.3) is 5.91 Å². The van der Waals surface area contributed by atoms with Gasteiger partial charge in [-0.25, -0.2) is 4.79 Å². The van der Waals surface area contributed by atoms with Gasteiger partial charge in [-0.15, -0.1) is 12.4 Å². The Kier molecular flexibility index (Phi) is 11.4. The second-order valence-corrected chi connectivity index (χ2v) is 7.29. The summed E-state index contributed by atoms with van der Waals surface area (Å²) in [7, 11) is 2.89. The van der Waals surface area contributed by atoms with Crippen molar-refractivity contribution >= 4 is 24.4 Å². The van der Waals surface area contributed by atoms with Crippen LogP contribution in [-0.2, 0) is 4.74 Å². The van der Waals surface area contributed by atoms with Crippen molar-refractivity contribution in [2.45, 2.75) is 45.2 Å². The molecule has 2 amide bonds. The molecule has 1 aromatic rings. The highest BCUT2D eigenvalue weighted by atomic mass is 35.5. The highest BCUT2D eigenvalue weighted by Crippen LogP contribution is 2.29. The molecular formula is C21H34ClN3O5. The smallest absolute Gasteiger partial charge is 0.406 e. The average molecular weight is 444 g/mol. The van der Waals surface area contributed by atoms with E-state index in [1.54, 1.807) is 25.3 Å². The lowest BCUT2D eigenvalue weighted by atomic mass is 10.0. The quantitative estimate of drug-likeness (QED) is 0.570. The van der Waals surface area contributed by atoms with E-state index in [2.05, 4.69) is 15.4 Å². The first kappa shape index (κ1) is 25.8. The van der Waals surface area contributed by atoms with Crippen molar-refractivity contribution in [3.63, 3.8) is 0 Å². The van der Waals surface area contributed by atoms with Crippen LogP contribution >= 0.6 is 12.4 Å². The molecule has 1 atom stereocenters. The average Bonchev–Trinajstić information content (AvgIpc) is 2.73. The van der Waals surface area contributed by atoms with Gasteiger partial charge < -0.3 is 29.7 Å². The molecule has 170 valence electrons. The number of alkyl carbamates (subject to hydrolysis) is 1. The van der Waals surface area contributed by atoms with Crippen molar-refractivity contribution in [3.05, 3.63) is 23.8 Å². The first-order valence-corrected chi connectivity index (χ1v) is 10.1. The molecule has 1 aliphatic heterocycles. The number of carbonyl (C=O) groups is 2. The minimum Gasteiger partial charge on any atom is -0.493 e. The lowest BCUT2D eigenvalue weighted by molar-refractivity contribution is 0.0573. The summed E-state index contributed by atoms with van der Waals surface area (Å²) in [4.78, 5) is 26.3. The first-order valence-electron chi connectivity index (χ1n) is 10.1. The van der Waals surface area contributed by atoms with Gasteiger partial charge in [0.15, 0.2) is 11.5 Å². The molecule has 1 fully saturated rings. The van der Waals surface area contributed by atoms with Gasteiger partial charge in [-0.1, -0.05) is 0 Å². The number of carbonyl (C=O) groups excluding carboxylic acids is 2. The summed E-state index contributed by atoms with van der Waals surface area (Å²) in [5.74, 6) is 1.08. The van der Waals surface area contributed by atoms with Gasteiger partial charge in [-0.05, 0) is 57.9 Å². The van der Waals surface area contributed by atoms with Crippen LogP contribution in [0.25, 0.3) is 0 Å². The number of piperidine rings is 1. The van der Waals surface area contributed by atoms with E-state index in [-0.39, 0.29) is 30.4 Å². The lowest BCUT2D eigenvalue weighted by Crippen LogP contribution is -2.51. The van der Waals surface area contributed by atoms with Gasteiger partial charge in [0.1, 0.15) is 0 Å². The lowest BCUT2D eigenvalue weighted by Gasteiger charge is -2.37. The summed E-state index contributed by atoms with van der Waals surface area (Å²) < 4.78 is 15.7. The summed E-state index contributed by atoms with van der Waals surface area (Å²) in [5, 5.41) is 5.98. The van der Waals surface area contributed by atoms with Crippen LogP contribution in [0.2, 0.25) is 0 Å². The van der Waals surface area contributed by atoms with E-state index in [0.717, 1.165) is 25.9 Å². The summed E-state index contributed by atoms with van der Waals surface area (Å²) >= 11 is 0. The Bertz CT molecular complexity index is 681. The molecule has 0 radical (unpaired) electrons. The second-order valence-electron chi connectivity index (χ2n) is 7.29. The maximum Gasteiger partial charge on any atom is 0.406 e. The monoisotopic (exact) mass is 443 g/mol. The van der Waals surface area contributed by atoms with Gasteiger partial charge in [0, 0.05) is 30.7 Å². The molecule has 9 heteroatoms. The Morgan fingerprint density at radius 3 is 2.63 bits per heavy atom. The molecule has 0 saturated carbocycles. The highest BCUT2D eigenvalue weighted by Gasteiger charge is 2.28. The van der Waals surface area contributed by atoms with E-state index in [4.69, 9.17) is 9.47 Å². The third kappa shape index (κ3) is 7.25. The van der Waals surface area contributed by atoms with Crippen LogP contribution in [0.1, 0.15) is 43.5 Å². The SMILES string of the molecule is COC(=O)NCCCOc1cc(C(=O)N(C(C)C)[C@@H]2CCCNC2)ccc1OC.Cl. The number of methoxy groups -OCH3 is 2.